The van der Waals surface area contributed by atoms with Crippen LogP contribution < -0.4 is 5.32 Å². The van der Waals surface area contributed by atoms with Gasteiger partial charge in [-0.1, -0.05) is 55.2 Å². The van der Waals surface area contributed by atoms with Crippen LogP contribution in [0.25, 0.3) is 11.0 Å². The highest BCUT2D eigenvalue weighted by Gasteiger charge is 2.15. The summed E-state index contributed by atoms with van der Waals surface area (Å²) < 4.78 is 1.95. The van der Waals surface area contributed by atoms with Gasteiger partial charge in [0.25, 0.3) is 0 Å². The molecule has 0 fully saturated rings. The standard InChI is InChI=1S/C20H21Cl2N3O/c1-13(2)11-23-20(26)12-25-18-6-4-3-5-17(18)24-19(25)9-14-7-8-15(21)10-16(14)22/h3-8,10,13H,9,11-12H2,1-2H3,(H,23,26). The number of rotatable bonds is 6. The van der Waals surface area contributed by atoms with E-state index in [9.17, 15) is 4.79 Å². The van der Waals surface area contributed by atoms with Crippen molar-refractivity contribution in [1.82, 2.24) is 14.9 Å². The van der Waals surface area contributed by atoms with Crippen LogP contribution in [0.1, 0.15) is 25.2 Å². The molecule has 1 N–H and O–H groups in total. The smallest absolute Gasteiger partial charge is 0.240 e. The van der Waals surface area contributed by atoms with E-state index in [2.05, 4.69) is 19.2 Å². The van der Waals surface area contributed by atoms with Gasteiger partial charge in [-0.2, -0.15) is 0 Å². The zero-order chi connectivity index (χ0) is 18.7. The van der Waals surface area contributed by atoms with Gasteiger partial charge in [0.05, 0.1) is 11.0 Å². The van der Waals surface area contributed by atoms with Crippen LogP contribution in [0.2, 0.25) is 10.0 Å². The lowest BCUT2D eigenvalue weighted by Crippen LogP contribution is -2.31. The maximum absolute atomic E-state index is 12.4. The Morgan fingerprint density at radius 2 is 1.96 bits per heavy atom. The monoisotopic (exact) mass is 389 g/mol. The van der Waals surface area contributed by atoms with Crippen LogP contribution in [0, 0.1) is 5.92 Å². The van der Waals surface area contributed by atoms with Crippen molar-refractivity contribution in [2.45, 2.75) is 26.8 Å². The third-order valence-electron chi connectivity index (χ3n) is 4.11. The Balaban J connectivity index is 1.92. The van der Waals surface area contributed by atoms with Gasteiger partial charge in [0.2, 0.25) is 5.91 Å². The minimum absolute atomic E-state index is 0.0229. The number of nitrogens with one attached hydrogen (secondary N) is 1. The largest absolute Gasteiger partial charge is 0.354 e. The molecule has 0 aliphatic carbocycles. The van der Waals surface area contributed by atoms with Crippen LogP contribution in [0.15, 0.2) is 42.5 Å². The molecule has 4 nitrogen and oxygen atoms in total. The summed E-state index contributed by atoms with van der Waals surface area (Å²) in [5.74, 6) is 1.19. The van der Waals surface area contributed by atoms with Crippen molar-refractivity contribution in [3.05, 3.63) is 63.9 Å². The van der Waals surface area contributed by atoms with Gasteiger partial charge in [-0.25, -0.2) is 4.98 Å². The molecule has 0 radical (unpaired) electrons. The molecular formula is C20H21Cl2N3O. The van der Waals surface area contributed by atoms with E-state index in [0.717, 1.165) is 22.4 Å². The van der Waals surface area contributed by atoms with Gasteiger partial charge >= 0.3 is 0 Å². The number of halogens is 2. The van der Waals surface area contributed by atoms with E-state index in [1.807, 2.05) is 41.0 Å². The molecule has 0 aliphatic heterocycles. The molecule has 1 heterocycles. The molecule has 6 heteroatoms. The maximum Gasteiger partial charge on any atom is 0.240 e. The highest BCUT2D eigenvalue weighted by molar-refractivity contribution is 6.35. The summed E-state index contributed by atoms with van der Waals surface area (Å²) in [6.07, 6.45) is 0.530. The van der Waals surface area contributed by atoms with Crippen LogP contribution in [0.5, 0.6) is 0 Å². The fourth-order valence-electron chi connectivity index (χ4n) is 2.79. The molecule has 2 aromatic carbocycles. The molecule has 3 aromatic rings. The molecule has 0 saturated heterocycles. The Morgan fingerprint density at radius 3 is 2.69 bits per heavy atom. The summed E-state index contributed by atoms with van der Waals surface area (Å²) in [4.78, 5) is 17.1. The topological polar surface area (TPSA) is 46.9 Å². The summed E-state index contributed by atoms with van der Waals surface area (Å²) in [5.41, 5.74) is 2.73. The maximum atomic E-state index is 12.4. The quantitative estimate of drug-likeness (QED) is 0.663. The second-order valence-corrected chi connectivity index (χ2v) is 7.56. The van der Waals surface area contributed by atoms with E-state index in [1.165, 1.54) is 0 Å². The first kappa shape index (κ1) is 18.7. The number of fused-ring (bicyclic) bond motifs is 1. The summed E-state index contributed by atoms with van der Waals surface area (Å²) in [6.45, 7) is 5.03. The minimum Gasteiger partial charge on any atom is -0.354 e. The number of carbonyl (C=O) groups excluding carboxylic acids is 1. The molecule has 3 rings (SSSR count). The van der Waals surface area contributed by atoms with Gasteiger partial charge in [0.15, 0.2) is 0 Å². The highest BCUT2D eigenvalue weighted by atomic mass is 35.5. The zero-order valence-corrected chi connectivity index (χ0v) is 16.3. The second kappa shape index (κ2) is 8.11. The average molecular weight is 390 g/mol. The number of carbonyl (C=O) groups is 1. The molecular weight excluding hydrogens is 369 g/mol. The van der Waals surface area contributed by atoms with Crippen LogP contribution in [-0.2, 0) is 17.8 Å². The Bertz CT molecular complexity index is 934. The SMILES string of the molecule is CC(C)CNC(=O)Cn1c(Cc2ccc(Cl)cc2Cl)nc2ccccc21. The number of para-hydroxylation sites is 2. The average Bonchev–Trinajstić information content (AvgIpc) is 2.93. The number of hydrogen-bond acceptors (Lipinski definition) is 2. The van der Waals surface area contributed by atoms with Gasteiger partial charge in [0, 0.05) is 23.0 Å². The lowest BCUT2D eigenvalue weighted by atomic mass is 10.1. The highest BCUT2D eigenvalue weighted by Crippen LogP contribution is 2.25. The number of aromatic nitrogens is 2. The van der Waals surface area contributed by atoms with E-state index in [0.29, 0.717) is 28.9 Å². The van der Waals surface area contributed by atoms with Crippen molar-refractivity contribution in [2.75, 3.05) is 6.54 Å². The van der Waals surface area contributed by atoms with Gasteiger partial charge in [-0.15, -0.1) is 0 Å². The van der Waals surface area contributed by atoms with Crippen molar-refractivity contribution in [1.29, 1.82) is 0 Å². The lowest BCUT2D eigenvalue weighted by molar-refractivity contribution is -0.121. The normalized spacial score (nSPS) is 11.3. The number of amides is 1. The van der Waals surface area contributed by atoms with Crippen molar-refractivity contribution in [3.63, 3.8) is 0 Å². The number of imidazole rings is 1. The molecule has 1 aromatic heterocycles. The van der Waals surface area contributed by atoms with Gasteiger partial charge in [0.1, 0.15) is 12.4 Å². The van der Waals surface area contributed by atoms with E-state index in [-0.39, 0.29) is 12.5 Å². The summed E-state index contributed by atoms with van der Waals surface area (Å²) in [6, 6.07) is 13.2. The molecule has 0 bridgehead atoms. The van der Waals surface area contributed by atoms with Crippen molar-refractivity contribution >= 4 is 40.1 Å². The minimum atomic E-state index is -0.0229. The third-order valence-corrected chi connectivity index (χ3v) is 4.69. The van der Waals surface area contributed by atoms with Crippen molar-refractivity contribution < 1.29 is 4.79 Å². The van der Waals surface area contributed by atoms with E-state index in [1.54, 1.807) is 6.07 Å². The fourth-order valence-corrected chi connectivity index (χ4v) is 3.26. The van der Waals surface area contributed by atoms with Gasteiger partial charge < -0.3 is 9.88 Å². The first-order chi connectivity index (χ1) is 12.4. The molecule has 0 aliphatic rings. The van der Waals surface area contributed by atoms with Crippen LogP contribution >= 0.6 is 23.2 Å². The molecule has 0 atom stereocenters. The second-order valence-electron chi connectivity index (χ2n) is 6.71. The summed E-state index contributed by atoms with van der Waals surface area (Å²) in [7, 11) is 0. The predicted octanol–water partition coefficient (Wildman–Crippen LogP) is 4.71. The van der Waals surface area contributed by atoms with Gasteiger partial charge in [-0.3, -0.25) is 4.79 Å². The Kier molecular flexibility index (Phi) is 5.84. The van der Waals surface area contributed by atoms with Crippen molar-refractivity contribution in [3.8, 4) is 0 Å². The zero-order valence-electron chi connectivity index (χ0n) is 14.8. The van der Waals surface area contributed by atoms with Gasteiger partial charge in [-0.05, 0) is 35.7 Å². The van der Waals surface area contributed by atoms with Crippen LogP contribution in [0.4, 0.5) is 0 Å². The van der Waals surface area contributed by atoms with Crippen LogP contribution in [-0.4, -0.2) is 22.0 Å². The summed E-state index contributed by atoms with van der Waals surface area (Å²) >= 11 is 12.3. The molecule has 0 unspecified atom stereocenters. The van der Waals surface area contributed by atoms with Crippen LogP contribution in [0.3, 0.4) is 0 Å². The number of benzene rings is 2. The number of nitrogens with zero attached hydrogens (tertiary/aromatic N) is 2. The summed E-state index contributed by atoms with van der Waals surface area (Å²) in [5, 5.41) is 4.16. The van der Waals surface area contributed by atoms with E-state index >= 15 is 0 Å². The first-order valence-corrected chi connectivity index (χ1v) is 9.34. The first-order valence-electron chi connectivity index (χ1n) is 8.59. The predicted molar refractivity (Wildman–Crippen MR) is 107 cm³/mol. The molecule has 136 valence electrons. The molecule has 1 amide bonds. The Morgan fingerprint density at radius 1 is 1.19 bits per heavy atom. The molecule has 26 heavy (non-hydrogen) atoms. The third kappa shape index (κ3) is 4.37. The number of hydrogen-bond donors (Lipinski definition) is 1. The Hall–Kier alpha value is -2.04. The Labute approximate surface area is 163 Å². The van der Waals surface area contributed by atoms with E-state index < -0.39 is 0 Å². The van der Waals surface area contributed by atoms with Crippen molar-refractivity contribution in [2.24, 2.45) is 5.92 Å². The lowest BCUT2D eigenvalue weighted by Gasteiger charge is -2.12. The fraction of sp³-hybridized carbons (Fsp3) is 0.300. The molecule has 0 spiro atoms. The van der Waals surface area contributed by atoms with E-state index in [4.69, 9.17) is 28.2 Å². The molecule has 0 saturated carbocycles.